The van der Waals surface area contributed by atoms with E-state index in [2.05, 4.69) is 10.3 Å². The van der Waals surface area contributed by atoms with E-state index >= 15 is 0 Å². The van der Waals surface area contributed by atoms with Crippen molar-refractivity contribution in [3.63, 3.8) is 0 Å². The number of pyridine rings is 1. The summed E-state index contributed by atoms with van der Waals surface area (Å²) in [6.45, 7) is 0.519. The largest absolute Gasteiger partial charge is 0.392 e. The minimum absolute atomic E-state index is 0.0127. The van der Waals surface area contributed by atoms with E-state index in [1.54, 1.807) is 12.3 Å². The van der Waals surface area contributed by atoms with Gasteiger partial charge in [0.15, 0.2) is 0 Å². The van der Waals surface area contributed by atoms with Crippen molar-refractivity contribution in [1.29, 1.82) is 0 Å². The molecule has 2 N–H and O–H groups in total. The van der Waals surface area contributed by atoms with Crippen molar-refractivity contribution in [2.24, 2.45) is 0 Å². The van der Waals surface area contributed by atoms with Crippen LogP contribution in [0, 0.1) is 0 Å². The normalized spacial score (nSPS) is 14.9. The summed E-state index contributed by atoms with van der Waals surface area (Å²) in [5.74, 6) is -0.258. The Morgan fingerprint density at radius 2 is 2.39 bits per heavy atom. The van der Waals surface area contributed by atoms with Crippen LogP contribution in [0.15, 0.2) is 18.5 Å². The second-order valence-corrected chi connectivity index (χ2v) is 4.16. The maximum Gasteiger partial charge on any atom is 0.244 e. The number of hydrogen-bond acceptors (Lipinski definition) is 4. The van der Waals surface area contributed by atoms with Crippen LogP contribution in [0.2, 0.25) is 0 Å². The van der Waals surface area contributed by atoms with Gasteiger partial charge < -0.3 is 15.3 Å². The molecule has 1 saturated heterocycles. The number of aliphatic hydroxyl groups is 1. The second kappa shape index (κ2) is 5.59. The van der Waals surface area contributed by atoms with Gasteiger partial charge in [0, 0.05) is 24.7 Å². The lowest BCUT2D eigenvalue weighted by Gasteiger charge is -2.15. The maximum atomic E-state index is 11.8. The first kappa shape index (κ1) is 12.5. The van der Waals surface area contributed by atoms with Crippen LogP contribution in [0.4, 0.5) is 5.69 Å². The monoisotopic (exact) mass is 249 g/mol. The minimum atomic E-state index is -0.270. The molecule has 6 heteroatoms. The number of carbonyl (C=O) groups excluding carboxylic acids is 2. The number of aliphatic hydroxyl groups excluding tert-OH is 1. The zero-order chi connectivity index (χ0) is 13.0. The molecule has 0 unspecified atom stereocenters. The summed E-state index contributed by atoms with van der Waals surface area (Å²) in [5.41, 5.74) is 1.09. The third kappa shape index (κ3) is 2.84. The lowest BCUT2D eigenvalue weighted by atomic mass is 10.2. The molecule has 0 atom stereocenters. The molecule has 0 radical (unpaired) electrons. The fourth-order valence-electron chi connectivity index (χ4n) is 1.91. The van der Waals surface area contributed by atoms with Crippen molar-refractivity contribution in [2.45, 2.75) is 19.4 Å². The Bertz CT molecular complexity index is 462. The number of aromatic nitrogens is 1. The smallest absolute Gasteiger partial charge is 0.244 e. The lowest BCUT2D eigenvalue weighted by Crippen LogP contribution is -2.34. The maximum absolute atomic E-state index is 11.8. The van der Waals surface area contributed by atoms with Gasteiger partial charge >= 0.3 is 0 Å². The first-order valence-electron chi connectivity index (χ1n) is 5.82. The van der Waals surface area contributed by atoms with Crippen LogP contribution in [0.5, 0.6) is 0 Å². The molecule has 2 heterocycles. The topological polar surface area (TPSA) is 82.5 Å². The molecule has 1 aromatic rings. The van der Waals surface area contributed by atoms with E-state index in [-0.39, 0.29) is 25.0 Å². The number of anilines is 1. The van der Waals surface area contributed by atoms with Crippen LogP contribution in [0.1, 0.15) is 18.4 Å². The molecule has 1 aliphatic rings. The molecule has 1 aromatic heterocycles. The Morgan fingerprint density at radius 1 is 1.56 bits per heavy atom. The van der Waals surface area contributed by atoms with E-state index in [4.69, 9.17) is 5.11 Å². The Kier molecular flexibility index (Phi) is 3.88. The summed E-state index contributed by atoms with van der Waals surface area (Å²) in [6.07, 6.45) is 4.35. The van der Waals surface area contributed by atoms with E-state index in [1.807, 2.05) is 0 Å². The number of likely N-dealkylation sites (tertiary alicyclic amines) is 1. The number of nitrogens with one attached hydrogen (secondary N) is 1. The van der Waals surface area contributed by atoms with Gasteiger partial charge in [-0.05, 0) is 12.5 Å². The van der Waals surface area contributed by atoms with Gasteiger partial charge in [-0.3, -0.25) is 14.6 Å². The first-order chi connectivity index (χ1) is 8.70. The van der Waals surface area contributed by atoms with E-state index in [0.717, 1.165) is 6.42 Å². The summed E-state index contributed by atoms with van der Waals surface area (Å²) in [4.78, 5) is 28.6. The fourth-order valence-corrected chi connectivity index (χ4v) is 1.91. The zero-order valence-corrected chi connectivity index (χ0v) is 9.93. The van der Waals surface area contributed by atoms with Crippen LogP contribution in [0.3, 0.4) is 0 Å². The van der Waals surface area contributed by atoms with E-state index in [9.17, 15) is 9.59 Å². The number of nitrogens with zero attached hydrogens (tertiary/aromatic N) is 2. The molecule has 0 aliphatic carbocycles. The van der Waals surface area contributed by atoms with Crippen LogP contribution < -0.4 is 5.32 Å². The summed E-state index contributed by atoms with van der Waals surface area (Å²) >= 11 is 0. The van der Waals surface area contributed by atoms with E-state index < -0.39 is 0 Å². The predicted molar refractivity (Wildman–Crippen MR) is 64.6 cm³/mol. The van der Waals surface area contributed by atoms with Crippen molar-refractivity contribution >= 4 is 17.5 Å². The van der Waals surface area contributed by atoms with Gasteiger partial charge in [0.2, 0.25) is 11.8 Å². The molecule has 0 saturated carbocycles. The van der Waals surface area contributed by atoms with Crippen LogP contribution >= 0.6 is 0 Å². The fraction of sp³-hybridized carbons (Fsp3) is 0.417. The molecular formula is C12H15N3O3. The van der Waals surface area contributed by atoms with Gasteiger partial charge in [-0.25, -0.2) is 0 Å². The van der Waals surface area contributed by atoms with E-state index in [1.165, 1.54) is 11.1 Å². The number of hydrogen-bond donors (Lipinski definition) is 2. The molecule has 1 aliphatic heterocycles. The molecule has 2 rings (SSSR count). The molecular weight excluding hydrogens is 234 g/mol. The molecule has 0 aromatic carbocycles. The third-order valence-corrected chi connectivity index (χ3v) is 2.86. The first-order valence-corrected chi connectivity index (χ1v) is 5.82. The quantitative estimate of drug-likeness (QED) is 0.795. The van der Waals surface area contributed by atoms with Crippen molar-refractivity contribution < 1.29 is 14.7 Å². The van der Waals surface area contributed by atoms with Gasteiger partial charge in [-0.15, -0.1) is 0 Å². The number of rotatable bonds is 4. The van der Waals surface area contributed by atoms with Crippen molar-refractivity contribution in [3.8, 4) is 0 Å². The summed E-state index contributed by atoms with van der Waals surface area (Å²) < 4.78 is 0. The van der Waals surface area contributed by atoms with Crippen molar-refractivity contribution in [2.75, 3.05) is 18.4 Å². The lowest BCUT2D eigenvalue weighted by molar-refractivity contribution is -0.131. The Morgan fingerprint density at radius 3 is 3.06 bits per heavy atom. The second-order valence-electron chi connectivity index (χ2n) is 4.16. The van der Waals surface area contributed by atoms with Crippen LogP contribution in [0.25, 0.3) is 0 Å². The zero-order valence-electron chi connectivity index (χ0n) is 9.93. The SMILES string of the molecule is O=C(CN1CCCC1=O)Nc1cnccc1CO. The molecule has 96 valence electrons. The molecule has 0 bridgehead atoms. The van der Waals surface area contributed by atoms with Crippen LogP contribution in [-0.4, -0.2) is 39.9 Å². The Balaban J connectivity index is 1.96. The summed E-state index contributed by atoms with van der Waals surface area (Å²) in [6, 6.07) is 1.64. The number of carbonyl (C=O) groups is 2. The third-order valence-electron chi connectivity index (χ3n) is 2.86. The van der Waals surface area contributed by atoms with Crippen molar-refractivity contribution in [1.82, 2.24) is 9.88 Å². The van der Waals surface area contributed by atoms with Gasteiger partial charge in [-0.1, -0.05) is 0 Å². The average molecular weight is 249 g/mol. The van der Waals surface area contributed by atoms with Gasteiger partial charge in [0.25, 0.3) is 0 Å². The highest BCUT2D eigenvalue weighted by molar-refractivity contribution is 5.95. The van der Waals surface area contributed by atoms with Gasteiger partial charge in [-0.2, -0.15) is 0 Å². The highest BCUT2D eigenvalue weighted by Gasteiger charge is 2.22. The molecule has 0 spiro atoms. The highest BCUT2D eigenvalue weighted by Crippen LogP contribution is 2.14. The van der Waals surface area contributed by atoms with E-state index in [0.29, 0.717) is 24.2 Å². The predicted octanol–water partition coefficient (Wildman–Crippen LogP) is 0.135. The molecule has 18 heavy (non-hydrogen) atoms. The standard InChI is InChI=1S/C12H15N3O3/c16-8-9-3-4-13-6-10(9)14-11(17)7-15-5-1-2-12(15)18/h3-4,6,16H,1-2,5,7-8H2,(H,14,17). The highest BCUT2D eigenvalue weighted by atomic mass is 16.3. The summed E-state index contributed by atoms with van der Waals surface area (Å²) in [7, 11) is 0. The van der Waals surface area contributed by atoms with Crippen molar-refractivity contribution in [3.05, 3.63) is 24.0 Å². The number of amides is 2. The summed E-state index contributed by atoms with van der Waals surface area (Å²) in [5, 5.41) is 11.8. The Labute approximate surface area is 105 Å². The molecule has 2 amide bonds. The van der Waals surface area contributed by atoms with Gasteiger partial charge in [0.1, 0.15) is 0 Å². The average Bonchev–Trinajstić information content (AvgIpc) is 2.75. The Hall–Kier alpha value is -1.95. The molecule has 1 fully saturated rings. The minimum Gasteiger partial charge on any atom is -0.392 e. The molecule has 6 nitrogen and oxygen atoms in total. The van der Waals surface area contributed by atoms with Crippen LogP contribution in [-0.2, 0) is 16.2 Å². The van der Waals surface area contributed by atoms with Gasteiger partial charge in [0.05, 0.1) is 25.0 Å².